The van der Waals surface area contributed by atoms with Crippen LogP contribution in [0.1, 0.15) is 18.1 Å². The average Bonchev–Trinajstić information content (AvgIpc) is 2.46. The predicted octanol–water partition coefficient (Wildman–Crippen LogP) is 3.52. The fraction of sp³-hybridized carbons (Fsp3) is 0.133. The summed E-state index contributed by atoms with van der Waals surface area (Å²) in [4.78, 5) is 3.62. The van der Waals surface area contributed by atoms with Gasteiger partial charge in [-0.2, -0.15) is 13.2 Å². The van der Waals surface area contributed by atoms with Crippen LogP contribution < -0.4 is 10.5 Å². The lowest BCUT2D eigenvalue weighted by atomic mass is 10.1. The first-order chi connectivity index (χ1) is 11.0. The molecule has 24 heavy (non-hydrogen) atoms. The summed E-state index contributed by atoms with van der Waals surface area (Å²) in [6.45, 7) is 5.41. The van der Waals surface area contributed by atoms with E-state index in [9.17, 15) is 21.6 Å². The van der Waals surface area contributed by atoms with Crippen molar-refractivity contribution < 1.29 is 21.6 Å². The Hall–Kier alpha value is -2.39. The zero-order chi connectivity index (χ0) is 18.1. The molecule has 1 heterocycles. The molecule has 0 radical (unpaired) electrons. The third-order valence-corrected chi connectivity index (χ3v) is 4.04. The number of allylic oxidation sites excluding steroid dienone is 1. The van der Waals surface area contributed by atoms with Crippen LogP contribution in [-0.4, -0.2) is 13.4 Å². The zero-order valence-electron chi connectivity index (χ0n) is 12.6. The topological polar surface area (TPSA) is 85.1 Å². The van der Waals surface area contributed by atoms with E-state index < -0.39 is 21.8 Å². The lowest BCUT2D eigenvalue weighted by Crippen LogP contribution is -2.12. The number of hydrogen-bond acceptors (Lipinski definition) is 4. The second-order valence-corrected chi connectivity index (χ2v) is 6.65. The lowest BCUT2D eigenvalue weighted by molar-refractivity contribution is -0.137. The number of halogens is 3. The molecule has 0 atom stereocenters. The maximum atomic E-state index is 12.5. The summed E-state index contributed by atoms with van der Waals surface area (Å²) in [6.07, 6.45) is -3.76. The Morgan fingerprint density at radius 2 is 1.92 bits per heavy atom. The molecule has 2 rings (SSSR count). The van der Waals surface area contributed by atoms with E-state index >= 15 is 0 Å². The van der Waals surface area contributed by atoms with Crippen LogP contribution in [0.4, 0.5) is 24.7 Å². The van der Waals surface area contributed by atoms with Crippen LogP contribution in [0.5, 0.6) is 0 Å². The van der Waals surface area contributed by atoms with Gasteiger partial charge in [0.1, 0.15) is 5.82 Å². The summed E-state index contributed by atoms with van der Waals surface area (Å²) in [5.41, 5.74) is 0.595. The highest BCUT2D eigenvalue weighted by Gasteiger charge is 2.30. The van der Waals surface area contributed by atoms with Gasteiger partial charge >= 0.3 is 6.18 Å². The molecule has 0 aliphatic rings. The molecule has 0 fully saturated rings. The second-order valence-electron chi connectivity index (χ2n) is 5.09. The molecule has 1 aromatic carbocycles. The van der Waals surface area contributed by atoms with Gasteiger partial charge < -0.3 is 5.32 Å². The molecule has 2 aromatic rings. The normalized spacial score (nSPS) is 12.0. The number of rotatable bonds is 4. The van der Waals surface area contributed by atoms with Crippen LogP contribution in [0.25, 0.3) is 5.57 Å². The van der Waals surface area contributed by atoms with Crippen molar-refractivity contribution in [1.29, 1.82) is 0 Å². The van der Waals surface area contributed by atoms with E-state index in [0.29, 0.717) is 23.0 Å². The maximum Gasteiger partial charge on any atom is 0.417 e. The van der Waals surface area contributed by atoms with Crippen LogP contribution in [0, 0.1) is 0 Å². The van der Waals surface area contributed by atoms with E-state index in [1.54, 1.807) is 6.92 Å². The summed E-state index contributed by atoms with van der Waals surface area (Å²) < 4.78 is 60.4. The molecule has 1 aromatic heterocycles. The van der Waals surface area contributed by atoms with Crippen molar-refractivity contribution >= 4 is 27.1 Å². The van der Waals surface area contributed by atoms with Crippen LogP contribution in [0.2, 0.25) is 0 Å². The highest BCUT2D eigenvalue weighted by atomic mass is 32.2. The number of anilines is 2. The lowest BCUT2D eigenvalue weighted by Gasteiger charge is -2.13. The Kier molecular flexibility index (Phi) is 4.68. The monoisotopic (exact) mass is 357 g/mol. The Morgan fingerprint density at radius 3 is 2.38 bits per heavy atom. The Balaban J connectivity index is 2.37. The molecule has 0 aliphatic heterocycles. The van der Waals surface area contributed by atoms with Gasteiger partial charge in [0.05, 0.1) is 10.5 Å². The van der Waals surface area contributed by atoms with Gasteiger partial charge in [0.15, 0.2) is 0 Å². The van der Waals surface area contributed by atoms with E-state index in [1.165, 1.54) is 24.3 Å². The number of nitrogens with zero attached hydrogens (tertiary/aromatic N) is 1. The highest BCUT2D eigenvalue weighted by Crippen LogP contribution is 2.31. The molecule has 0 spiro atoms. The van der Waals surface area contributed by atoms with Crippen molar-refractivity contribution in [2.75, 3.05) is 5.32 Å². The number of benzene rings is 1. The van der Waals surface area contributed by atoms with Gasteiger partial charge in [0.2, 0.25) is 10.0 Å². The molecule has 3 N–H and O–H groups in total. The standard InChI is InChI=1S/C15H14F3N3O2S/c1-9(2)12-7-11(24(19,22)23)4-5-13(12)21-14-6-3-10(8-20-14)15(16,17)18/h3-8H,1H2,2H3,(H,20,21)(H2,19,22,23). The van der Waals surface area contributed by atoms with Crippen molar-refractivity contribution in [3.8, 4) is 0 Å². The van der Waals surface area contributed by atoms with Crippen molar-refractivity contribution in [3.05, 3.63) is 54.2 Å². The van der Waals surface area contributed by atoms with E-state index in [1.807, 2.05) is 0 Å². The summed E-state index contributed by atoms with van der Waals surface area (Å²) >= 11 is 0. The number of alkyl halides is 3. The largest absolute Gasteiger partial charge is 0.417 e. The first-order valence-corrected chi connectivity index (χ1v) is 8.16. The fourth-order valence-corrected chi connectivity index (χ4v) is 2.48. The van der Waals surface area contributed by atoms with Gasteiger partial charge in [0.25, 0.3) is 0 Å². The first kappa shape index (κ1) is 18.0. The molecule has 0 amide bonds. The van der Waals surface area contributed by atoms with Crippen molar-refractivity contribution in [2.45, 2.75) is 18.0 Å². The van der Waals surface area contributed by atoms with E-state index in [-0.39, 0.29) is 10.7 Å². The summed E-state index contributed by atoms with van der Waals surface area (Å²) in [5, 5.41) is 7.93. The summed E-state index contributed by atoms with van der Waals surface area (Å²) in [6, 6.07) is 6.15. The van der Waals surface area contributed by atoms with Gasteiger partial charge in [-0.15, -0.1) is 0 Å². The minimum Gasteiger partial charge on any atom is -0.340 e. The Morgan fingerprint density at radius 1 is 1.25 bits per heavy atom. The third kappa shape index (κ3) is 4.12. The maximum absolute atomic E-state index is 12.5. The molecule has 0 saturated heterocycles. The van der Waals surface area contributed by atoms with Crippen molar-refractivity contribution in [3.63, 3.8) is 0 Å². The molecule has 0 bridgehead atoms. The number of pyridine rings is 1. The number of nitrogens with two attached hydrogens (primary N) is 1. The molecule has 5 nitrogen and oxygen atoms in total. The van der Waals surface area contributed by atoms with E-state index in [2.05, 4.69) is 16.9 Å². The quantitative estimate of drug-likeness (QED) is 0.877. The predicted molar refractivity (Wildman–Crippen MR) is 85.0 cm³/mol. The average molecular weight is 357 g/mol. The number of primary sulfonamides is 1. The van der Waals surface area contributed by atoms with E-state index in [4.69, 9.17) is 5.14 Å². The third-order valence-electron chi connectivity index (χ3n) is 3.13. The SMILES string of the molecule is C=C(C)c1cc(S(N)(=O)=O)ccc1Nc1ccc(C(F)(F)F)cn1. The van der Waals surface area contributed by atoms with Crippen LogP contribution in [0.15, 0.2) is 48.0 Å². The van der Waals surface area contributed by atoms with Crippen LogP contribution in [-0.2, 0) is 16.2 Å². The molecular formula is C15H14F3N3O2S. The summed E-state index contributed by atoms with van der Waals surface area (Å²) in [7, 11) is -3.88. The number of hydrogen-bond donors (Lipinski definition) is 2. The summed E-state index contributed by atoms with van der Waals surface area (Å²) in [5.74, 6) is 0.175. The van der Waals surface area contributed by atoms with Gasteiger partial charge in [-0.1, -0.05) is 6.58 Å². The van der Waals surface area contributed by atoms with Gasteiger partial charge in [0, 0.05) is 17.4 Å². The van der Waals surface area contributed by atoms with Crippen LogP contribution in [0.3, 0.4) is 0 Å². The minimum atomic E-state index is -4.47. The second kappa shape index (κ2) is 6.25. The van der Waals surface area contributed by atoms with E-state index in [0.717, 1.165) is 6.07 Å². The number of aromatic nitrogens is 1. The first-order valence-electron chi connectivity index (χ1n) is 6.61. The van der Waals surface area contributed by atoms with Gasteiger partial charge in [-0.3, -0.25) is 0 Å². The van der Waals surface area contributed by atoms with Crippen molar-refractivity contribution in [2.24, 2.45) is 5.14 Å². The Bertz CT molecular complexity index is 876. The smallest absolute Gasteiger partial charge is 0.340 e. The zero-order valence-corrected chi connectivity index (χ0v) is 13.4. The molecule has 9 heteroatoms. The minimum absolute atomic E-state index is 0.0913. The Labute approximate surface area is 137 Å². The molecular weight excluding hydrogens is 343 g/mol. The van der Waals surface area contributed by atoms with Crippen molar-refractivity contribution in [1.82, 2.24) is 4.98 Å². The number of nitrogens with one attached hydrogen (secondary N) is 1. The van der Waals surface area contributed by atoms with Gasteiger partial charge in [-0.25, -0.2) is 18.5 Å². The van der Waals surface area contributed by atoms with Gasteiger partial charge in [-0.05, 0) is 42.8 Å². The molecule has 0 aliphatic carbocycles. The highest BCUT2D eigenvalue weighted by molar-refractivity contribution is 7.89. The molecule has 0 saturated carbocycles. The fourth-order valence-electron chi connectivity index (χ4n) is 1.94. The molecule has 0 unspecified atom stereocenters. The van der Waals surface area contributed by atoms with Crippen LogP contribution >= 0.6 is 0 Å². The number of sulfonamides is 1. The molecule has 128 valence electrons.